The van der Waals surface area contributed by atoms with Crippen molar-refractivity contribution in [1.82, 2.24) is 0 Å². The molecule has 0 aromatic carbocycles. The van der Waals surface area contributed by atoms with Gasteiger partial charge < -0.3 is 4.74 Å². The first kappa shape index (κ1) is 6.56. The minimum Gasteiger partial charge on any atom is -0.368 e. The summed E-state index contributed by atoms with van der Waals surface area (Å²) in [4.78, 5) is 0. The smallest absolute Gasteiger partial charge is 0.102 e. The largest absolute Gasteiger partial charge is 0.368 e. The predicted octanol–water partition coefficient (Wildman–Crippen LogP) is 1.91. The first-order valence-corrected chi connectivity index (χ1v) is 3.24. The molecule has 0 radical (unpaired) electrons. The third kappa shape index (κ3) is 2.02. The molecule has 1 nitrogen and oxygen atoms in total. The van der Waals surface area contributed by atoms with Crippen molar-refractivity contribution < 1.29 is 4.74 Å². The summed E-state index contributed by atoms with van der Waals surface area (Å²) in [5.41, 5.74) is 1.22. The molecular weight excluding hydrogens is 112 g/mol. The number of allylic oxidation sites excluding steroid dienone is 1. The molecule has 9 heavy (non-hydrogen) atoms. The van der Waals surface area contributed by atoms with Crippen LogP contribution in [-0.2, 0) is 4.74 Å². The summed E-state index contributed by atoms with van der Waals surface area (Å²) in [7, 11) is 0. The van der Waals surface area contributed by atoms with Gasteiger partial charge in [0.25, 0.3) is 0 Å². The van der Waals surface area contributed by atoms with Gasteiger partial charge >= 0.3 is 0 Å². The lowest BCUT2D eigenvalue weighted by Gasteiger charge is -1.95. The van der Waals surface area contributed by atoms with Crippen molar-refractivity contribution in [2.24, 2.45) is 0 Å². The summed E-state index contributed by atoms with van der Waals surface area (Å²) in [5.74, 6) is 0. The summed E-state index contributed by atoms with van der Waals surface area (Å²) in [6.07, 6.45) is 4.35. The molecule has 1 aliphatic heterocycles. The van der Waals surface area contributed by atoms with Crippen LogP contribution < -0.4 is 0 Å². The fraction of sp³-hybridized carbons (Fsp3) is 0.500. The van der Waals surface area contributed by atoms with Crippen molar-refractivity contribution >= 4 is 0 Å². The van der Waals surface area contributed by atoms with Crippen LogP contribution in [0.3, 0.4) is 0 Å². The Morgan fingerprint density at radius 2 is 2.44 bits per heavy atom. The average molecular weight is 124 g/mol. The maximum absolute atomic E-state index is 5.03. The van der Waals surface area contributed by atoms with Gasteiger partial charge in [0.05, 0.1) is 6.61 Å². The number of hydrogen-bond acceptors (Lipinski definition) is 1. The zero-order chi connectivity index (χ0) is 6.69. The molecule has 0 aromatic rings. The summed E-state index contributed by atoms with van der Waals surface area (Å²) in [6, 6.07) is 0. The summed E-state index contributed by atoms with van der Waals surface area (Å²) >= 11 is 0. The van der Waals surface area contributed by atoms with Crippen molar-refractivity contribution in [3.63, 3.8) is 0 Å². The molecule has 1 fully saturated rings. The van der Waals surface area contributed by atoms with E-state index in [9.17, 15) is 0 Å². The van der Waals surface area contributed by atoms with Gasteiger partial charge in [-0.2, -0.15) is 0 Å². The molecule has 1 heterocycles. The summed E-state index contributed by atoms with van der Waals surface area (Å²) in [6.45, 7) is 8.40. The first-order valence-electron chi connectivity index (χ1n) is 3.24. The number of ether oxygens (including phenoxy) is 1. The Kier molecular flexibility index (Phi) is 2.06. The Morgan fingerprint density at radius 1 is 1.78 bits per heavy atom. The highest BCUT2D eigenvalue weighted by Gasteiger charge is 2.24. The van der Waals surface area contributed by atoms with E-state index < -0.39 is 0 Å². The van der Waals surface area contributed by atoms with Gasteiger partial charge in [-0.05, 0) is 18.4 Å². The third-order valence-electron chi connectivity index (χ3n) is 1.46. The van der Waals surface area contributed by atoms with Crippen LogP contribution in [0.15, 0.2) is 24.8 Å². The van der Waals surface area contributed by atoms with E-state index in [4.69, 9.17) is 4.74 Å². The lowest BCUT2D eigenvalue weighted by molar-refractivity contribution is 0.428. The second-order valence-corrected chi connectivity index (χ2v) is 2.31. The van der Waals surface area contributed by atoms with E-state index in [-0.39, 0.29) is 0 Å². The van der Waals surface area contributed by atoms with E-state index in [0.29, 0.717) is 6.10 Å². The Hall–Kier alpha value is -0.560. The molecule has 50 valence electrons. The van der Waals surface area contributed by atoms with Crippen LogP contribution in [0.2, 0.25) is 0 Å². The lowest BCUT2D eigenvalue weighted by atomic mass is 10.1. The Labute approximate surface area is 56.0 Å². The van der Waals surface area contributed by atoms with Crippen LogP contribution in [0.1, 0.15) is 12.8 Å². The number of epoxide rings is 1. The summed E-state index contributed by atoms with van der Waals surface area (Å²) in [5, 5.41) is 0. The first-order chi connectivity index (χ1) is 4.34. The molecule has 1 rings (SSSR count). The SMILES string of the molecule is C=CCCC(=C)C1CO1. The monoisotopic (exact) mass is 124 g/mol. The minimum atomic E-state index is 0.380. The zero-order valence-corrected chi connectivity index (χ0v) is 5.60. The van der Waals surface area contributed by atoms with E-state index in [1.54, 1.807) is 0 Å². The van der Waals surface area contributed by atoms with Crippen LogP contribution in [0.5, 0.6) is 0 Å². The maximum Gasteiger partial charge on any atom is 0.102 e. The molecule has 0 aliphatic carbocycles. The second kappa shape index (κ2) is 2.83. The fourth-order valence-electron chi connectivity index (χ4n) is 0.732. The summed E-state index contributed by atoms with van der Waals surface area (Å²) < 4.78 is 5.03. The molecule has 0 spiro atoms. The number of rotatable bonds is 4. The van der Waals surface area contributed by atoms with Gasteiger partial charge in [-0.1, -0.05) is 12.7 Å². The van der Waals surface area contributed by atoms with Crippen LogP contribution in [0.25, 0.3) is 0 Å². The van der Waals surface area contributed by atoms with E-state index in [1.165, 1.54) is 5.57 Å². The highest BCUT2D eigenvalue weighted by atomic mass is 16.6. The standard InChI is InChI=1S/C8H12O/c1-3-4-5-7(2)8-6-9-8/h3,8H,1-2,4-6H2. The molecule has 1 aliphatic rings. The lowest BCUT2D eigenvalue weighted by Crippen LogP contribution is -1.88. The van der Waals surface area contributed by atoms with Crippen LogP contribution in [0, 0.1) is 0 Å². The van der Waals surface area contributed by atoms with Gasteiger partial charge in [-0.25, -0.2) is 0 Å². The highest BCUT2D eigenvalue weighted by molar-refractivity contribution is 5.08. The van der Waals surface area contributed by atoms with Gasteiger partial charge in [0.2, 0.25) is 0 Å². The molecule has 1 heteroatoms. The van der Waals surface area contributed by atoms with Crippen molar-refractivity contribution in [3.05, 3.63) is 24.8 Å². The van der Waals surface area contributed by atoms with Crippen molar-refractivity contribution in [2.75, 3.05) is 6.61 Å². The molecular formula is C8H12O. The van der Waals surface area contributed by atoms with E-state index in [1.807, 2.05) is 6.08 Å². The Bertz CT molecular complexity index is 123. The molecule has 0 amide bonds. The molecule has 0 saturated carbocycles. The molecule has 0 aromatic heterocycles. The second-order valence-electron chi connectivity index (χ2n) is 2.31. The van der Waals surface area contributed by atoms with E-state index in [2.05, 4.69) is 13.2 Å². The van der Waals surface area contributed by atoms with Crippen LogP contribution in [0.4, 0.5) is 0 Å². The Balaban J connectivity index is 2.10. The predicted molar refractivity (Wildman–Crippen MR) is 38.3 cm³/mol. The molecule has 0 bridgehead atoms. The molecule has 1 unspecified atom stereocenters. The fourth-order valence-corrected chi connectivity index (χ4v) is 0.732. The van der Waals surface area contributed by atoms with Gasteiger partial charge in [0.1, 0.15) is 6.10 Å². The van der Waals surface area contributed by atoms with Gasteiger partial charge in [-0.15, -0.1) is 6.58 Å². The minimum absolute atomic E-state index is 0.380. The molecule has 1 atom stereocenters. The van der Waals surface area contributed by atoms with Crippen molar-refractivity contribution in [2.45, 2.75) is 18.9 Å². The number of hydrogen-bond donors (Lipinski definition) is 0. The van der Waals surface area contributed by atoms with Crippen molar-refractivity contribution in [3.8, 4) is 0 Å². The van der Waals surface area contributed by atoms with Crippen LogP contribution in [-0.4, -0.2) is 12.7 Å². The molecule has 0 N–H and O–H groups in total. The van der Waals surface area contributed by atoms with Gasteiger partial charge in [0, 0.05) is 0 Å². The maximum atomic E-state index is 5.03. The van der Waals surface area contributed by atoms with E-state index in [0.717, 1.165) is 19.4 Å². The topological polar surface area (TPSA) is 12.5 Å². The van der Waals surface area contributed by atoms with Crippen LogP contribution >= 0.6 is 0 Å². The van der Waals surface area contributed by atoms with Gasteiger partial charge in [0.15, 0.2) is 0 Å². The average Bonchev–Trinajstić information content (AvgIpc) is 2.63. The van der Waals surface area contributed by atoms with Crippen molar-refractivity contribution in [1.29, 1.82) is 0 Å². The normalized spacial score (nSPS) is 23.3. The third-order valence-corrected chi connectivity index (χ3v) is 1.46. The highest BCUT2D eigenvalue weighted by Crippen LogP contribution is 2.21. The quantitative estimate of drug-likeness (QED) is 0.412. The van der Waals surface area contributed by atoms with Gasteiger partial charge in [-0.3, -0.25) is 0 Å². The Morgan fingerprint density at radius 3 is 2.89 bits per heavy atom. The molecule has 1 saturated heterocycles. The zero-order valence-electron chi connectivity index (χ0n) is 5.60. The van der Waals surface area contributed by atoms with E-state index >= 15 is 0 Å².